The van der Waals surface area contributed by atoms with Gasteiger partial charge in [0, 0.05) is 18.2 Å². The van der Waals surface area contributed by atoms with Gasteiger partial charge in [0.25, 0.3) is 0 Å². The van der Waals surface area contributed by atoms with Crippen LogP contribution in [0.1, 0.15) is 11.3 Å². The van der Waals surface area contributed by atoms with Gasteiger partial charge in [0.2, 0.25) is 0 Å². The molecule has 6 heteroatoms. The molecule has 1 aromatic heterocycles. The molecular formula is C18H16ClNO4. The molecule has 0 amide bonds. The van der Waals surface area contributed by atoms with Crippen LogP contribution in [0.5, 0.6) is 0 Å². The summed E-state index contributed by atoms with van der Waals surface area (Å²) in [4.78, 5) is 4.55. The summed E-state index contributed by atoms with van der Waals surface area (Å²) < 4.78 is 32.7. The molecule has 0 saturated carbocycles. The highest BCUT2D eigenvalue weighted by Crippen LogP contribution is 2.23. The summed E-state index contributed by atoms with van der Waals surface area (Å²) in [5, 5.41) is 0. The maximum absolute atomic E-state index is 8.60. The molecule has 3 aromatic rings. The SMILES string of the molecule is [O-][Cl+3]([O-])([O-])O.c1ccc(Cc2ncccc2-c2ccccc2)cc1. The van der Waals surface area contributed by atoms with Gasteiger partial charge >= 0.3 is 0 Å². The fourth-order valence-corrected chi connectivity index (χ4v) is 2.25. The second-order valence-electron chi connectivity index (χ2n) is 4.92. The zero-order valence-electron chi connectivity index (χ0n) is 12.7. The summed E-state index contributed by atoms with van der Waals surface area (Å²) in [6, 6.07) is 25.0. The minimum absolute atomic E-state index is 0.867. The van der Waals surface area contributed by atoms with Gasteiger partial charge in [-0.1, -0.05) is 66.7 Å². The van der Waals surface area contributed by atoms with Gasteiger partial charge in [-0.3, -0.25) is 4.98 Å². The molecule has 124 valence electrons. The van der Waals surface area contributed by atoms with Crippen LogP contribution in [0.25, 0.3) is 11.1 Å². The maximum atomic E-state index is 8.60. The highest BCUT2D eigenvalue weighted by molar-refractivity contribution is 5.66. The quantitative estimate of drug-likeness (QED) is 0.731. The predicted octanol–water partition coefficient (Wildman–Crippen LogP) is 0.215. The van der Waals surface area contributed by atoms with E-state index in [1.807, 2.05) is 24.4 Å². The van der Waals surface area contributed by atoms with Crippen molar-refractivity contribution >= 4 is 0 Å². The minimum Gasteiger partial charge on any atom is -0.260 e. The van der Waals surface area contributed by atoms with Gasteiger partial charge in [0.15, 0.2) is 0 Å². The van der Waals surface area contributed by atoms with Gasteiger partial charge in [0.1, 0.15) is 0 Å². The zero-order valence-corrected chi connectivity index (χ0v) is 13.5. The summed E-state index contributed by atoms with van der Waals surface area (Å²) in [6.45, 7) is 0. The van der Waals surface area contributed by atoms with Crippen molar-refractivity contribution in [1.82, 2.24) is 4.98 Å². The van der Waals surface area contributed by atoms with Gasteiger partial charge in [-0.2, -0.15) is 14.0 Å². The van der Waals surface area contributed by atoms with E-state index in [1.54, 1.807) is 0 Å². The lowest BCUT2D eigenvalue weighted by molar-refractivity contribution is -1.92. The van der Waals surface area contributed by atoms with Gasteiger partial charge in [0.05, 0.1) is 20.6 Å². The Morgan fingerprint density at radius 3 is 1.92 bits per heavy atom. The number of pyridine rings is 1. The van der Waals surface area contributed by atoms with Gasteiger partial charge in [-0.25, -0.2) is 0 Å². The minimum atomic E-state index is -4.69. The molecule has 0 aliphatic carbocycles. The van der Waals surface area contributed by atoms with Crippen LogP contribution in [0.4, 0.5) is 0 Å². The lowest BCUT2D eigenvalue weighted by Crippen LogP contribution is -2.58. The third-order valence-electron chi connectivity index (χ3n) is 3.19. The summed E-state index contributed by atoms with van der Waals surface area (Å²) in [5.74, 6) is 0. The van der Waals surface area contributed by atoms with Gasteiger partial charge in [-0.05, 0) is 17.2 Å². The Bertz CT molecular complexity index is 740. The van der Waals surface area contributed by atoms with Crippen molar-refractivity contribution in [3.05, 3.63) is 90.3 Å². The maximum Gasteiger partial charge on any atom is 0.0777 e. The summed E-state index contributed by atoms with van der Waals surface area (Å²) >= 11 is 0. The van der Waals surface area contributed by atoms with E-state index in [-0.39, 0.29) is 0 Å². The van der Waals surface area contributed by atoms with Crippen LogP contribution >= 0.6 is 0 Å². The van der Waals surface area contributed by atoms with Crippen molar-refractivity contribution in [3.8, 4) is 11.1 Å². The van der Waals surface area contributed by atoms with Crippen LogP contribution in [0, 0.1) is 10.2 Å². The van der Waals surface area contributed by atoms with E-state index in [4.69, 9.17) is 18.6 Å². The second kappa shape index (κ2) is 8.54. The average molecular weight is 346 g/mol. The standard InChI is InChI=1S/C18H15N.ClHO4/c1-3-8-15(9-4-1)14-18-17(12-7-13-19-18)16-10-5-2-6-11-16;2-1(3,4)5/h1-13H,14H2;(H,2,3,4,5). The molecule has 3 rings (SSSR count). The molecular weight excluding hydrogens is 330 g/mol. The molecule has 0 bridgehead atoms. The van der Waals surface area contributed by atoms with E-state index in [9.17, 15) is 0 Å². The van der Waals surface area contributed by atoms with E-state index < -0.39 is 10.2 Å². The third-order valence-corrected chi connectivity index (χ3v) is 3.19. The van der Waals surface area contributed by atoms with Gasteiger partial charge < -0.3 is 0 Å². The second-order valence-corrected chi connectivity index (χ2v) is 5.71. The van der Waals surface area contributed by atoms with E-state index in [0.29, 0.717) is 0 Å². The van der Waals surface area contributed by atoms with E-state index >= 15 is 0 Å². The Hall–Kier alpha value is -2.28. The van der Waals surface area contributed by atoms with Crippen LogP contribution in [0.2, 0.25) is 0 Å². The molecule has 0 atom stereocenters. The normalized spacial score (nSPS) is 10.7. The van der Waals surface area contributed by atoms with Crippen molar-refractivity contribution in [2.45, 2.75) is 6.42 Å². The number of rotatable bonds is 3. The monoisotopic (exact) mass is 345 g/mol. The molecule has 0 fully saturated rings. The fourth-order valence-electron chi connectivity index (χ4n) is 2.25. The summed E-state index contributed by atoms with van der Waals surface area (Å²) in [6.07, 6.45) is 2.73. The first-order valence-electron chi connectivity index (χ1n) is 7.10. The fraction of sp³-hybridized carbons (Fsp3) is 0.0556. The molecule has 0 saturated heterocycles. The number of hydrogen-bond donors (Lipinski definition) is 1. The Labute approximate surface area is 142 Å². The number of aromatic nitrogens is 1. The van der Waals surface area contributed by atoms with Crippen molar-refractivity contribution in [3.63, 3.8) is 0 Å². The van der Waals surface area contributed by atoms with Crippen LogP contribution in [-0.4, -0.2) is 9.64 Å². The number of nitrogens with zero attached hydrogens (tertiary/aromatic N) is 1. The molecule has 24 heavy (non-hydrogen) atoms. The van der Waals surface area contributed by atoms with Gasteiger partial charge in [-0.15, -0.1) is 0 Å². The molecule has 0 spiro atoms. The molecule has 1 heterocycles. The van der Waals surface area contributed by atoms with Crippen LogP contribution < -0.4 is 14.0 Å². The molecule has 0 aliphatic rings. The van der Waals surface area contributed by atoms with Crippen molar-refractivity contribution in [2.75, 3.05) is 0 Å². The molecule has 1 N–H and O–H groups in total. The smallest absolute Gasteiger partial charge is 0.0777 e. The summed E-state index contributed by atoms with van der Waals surface area (Å²) in [5.41, 5.74) is 4.85. The van der Waals surface area contributed by atoms with E-state index in [0.717, 1.165) is 12.1 Å². The Kier molecular flexibility index (Phi) is 6.43. The lowest BCUT2D eigenvalue weighted by Gasteiger charge is -2.08. The summed E-state index contributed by atoms with van der Waals surface area (Å²) in [7, 11) is -4.69. The average Bonchev–Trinajstić information content (AvgIpc) is 2.56. The number of halogens is 1. The molecule has 5 nitrogen and oxygen atoms in total. The number of hydrogen-bond acceptors (Lipinski definition) is 5. The Morgan fingerprint density at radius 1 is 0.792 bits per heavy atom. The van der Waals surface area contributed by atoms with Crippen LogP contribution in [0.3, 0.4) is 0 Å². The van der Waals surface area contributed by atoms with Crippen LogP contribution in [-0.2, 0) is 6.42 Å². The first-order chi connectivity index (χ1) is 11.4. The zero-order chi connectivity index (χ0) is 17.4. The highest BCUT2D eigenvalue weighted by Gasteiger charge is 2.06. The van der Waals surface area contributed by atoms with Crippen LogP contribution in [0.15, 0.2) is 79.0 Å². The molecule has 0 aliphatic heterocycles. The third kappa shape index (κ3) is 6.45. The van der Waals surface area contributed by atoms with Crippen molar-refractivity contribution in [2.24, 2.45) is 0 Å². The lowest BCUT2D eigenvalue weighted by atomic mass is 10.00. The first-order valence-corrected chi connectivity index (χ1v) is 8.36. The Morgan fingerprint density at radius 2 is 1.33 bits per heavy atom. The van der Waals surface area contributed by atoms with Crippen molar-refractivity contribution < 1.29 is 28.9 Å². The Balaban J connectivity index is 0.000000368. The van der Waals surface area contributed by atoms with E-state index in [2.05, 4.69) is 59.6 Å². The highest BCUT2D eigenvalue weighted by atomic mass is 35.7. The molecule has 0 unspecified atom stereocenters. The first kappa shape index (κ1) is 18.1. The number of benzene rings is 2. The molecule has 2 aromatic carbocycles. The molecule has 0 radical (unpaired) electrons. The van der Waals surface area contributed by atoms with E-state index in [1.165, 1.54) is 16.7 Å². The predicted molar refractivity (Wildman–Crippen MR) is 81.1 cm³/mol. The largest absolute Gasteiger partial charge is 0.260 e. The van der Waals surface area contributed by atoms with Crippen molar-refractivity contribution in [1.29, 1.82) is 0 Å². The topological polar surface area (TPSA) is 102 Å².